The summed E-state index contributed by atoms with van der Waals surface area (Å²) in [5.74, 6) is 9.68. The van der Waals surface area contributed by atoms with Gasteiger partial charge in [-0.05, 0) is 58.1 Å². The first kappa shape index (κ1) is 20.6. The van der Waals surface area contributed by atoms with Crippen molar-refractivity contribution < 1.29 is 0 Å². The standard InChI is InChI=1S/C22H28S4/c1-5-19-13-20(6-1)16-24-10-4-12-26-18-22-8-2-7-21(14-22)17-25-11-3-9-23-15-19/h1-2,5-8,13-14H,3-4,9-12,15-18H2. The average molecular weight is 421 g/mol. The Labute approximate surface area is 176 Å². The van der Waals surface area contributed by atoms with Gasteiger partial charge in [0.05, 0.1) is 0 Å². The zero-order valence-electron chi connectivity index (χ0n) is 15.3. The summed E-state index contributed by atoms with van der Waals surface area (Å²) in [6, 6.07) is 18.4. The molecule has 0 nitrogen and oxygen atoms in total. The van der Waals surface area contributed by atoms with Crippen molar-refractivity contribution in [2.24, 2.45) is 0 Å². The van der Waals surface area contributed by atoms with Gasteiger partial charge in [0.15, 0.2) is 0 Å². The summed E-state index contributed by atoms with van der Waals surface area (Å²) in [6.07, 6.45) is 2.61. The van der Waals surface area contributed by atoms with Crippen molar-refractivity contribution in [2.75, 3.05) is 23.0 Å². The molecule has 0 unspecified atom stereocenters. The monoisotopic (exact) mass is 420 g/mol. The van der Waals surface area contributed by atoms with E-state index >= 15 is 0 Å². The van der Waals surface area contributed by atoms with E-state index < -0.39 is 0 Å². The zero-order chi connectivity index (χ0) is 17.9. The van der Waals surface area contributed by atoms with Gasteiger partial charge in [-0.1, -0.05) is 48.5 Å². The first-order valence-corrected chi connectivity index (χ1v) is 14.0. The molecule has 140 valence electrons. The maximum absolute atomic E-state index is 2.41. The lowest BCUT2D eigenvalue weighted by atomic mass is 10.2. The van der Waals surface area contributed by atoms with Crippen LogP contribution in [0.3, 0.4) is 0 Å². The van der Waals surface area contributed by atoms with Crippen LogP contribution in [0.4, 0.5) is 0 Å². The minimum atomic E-state index is 1.15. The van der Waals surface area contributed by atoms with Crippen LogP contribution in [0.5, 0.6) is 0 Å². The second kappa shape index (κ2) is 12.3. The van der Waals surface area contributed by atoms with Gasteiger partial charge in [0, 0.05) is 23.0 Å². The molecule has 0 saturated heterocycles. The van der Waals surface area contributed by atoms with Crippen LogP contribution in [-0.4, -0.2) is 23.0 Å². The summed E-state index contributed by atoms with van der Waals surface area (Å²) < 4.78 is 0. The van der Waals surface area contributed by atoms with Crippen LogP contribution < -0.4 is 0 Å². The fraction of sp³-hybridized carbons (Fsp3) is 0.455. The normalized spacial score (nSPS) is 18.2. The topological polar surface area (TPSA) is 0 Å². The Morgan fingerprint density at radius 2 is 0.769 bits per heavy atom. The second-order valence-corrected chi connectivity index (χ2v) is 11.0. The predicted molar refractivity (Wildman–Crippen MR) is 127 cm³/mol. The molecule has 0 spiro atoms. The van der Waals surface area contributed by atoms with Crippen LogP contribution in [0, 0.1) is 0 Å². The molecule has 0 aliphatic carbocycles. The van der Waals surface area contributed by atoms with E-state index in [9.17, 15) is 0 Å². The van der Waals surface area contributed by atoms with E-state index in [2.05, 4.69) is 95.6 Å². The van der Waals surface area contributed by atoms with E-state index in [1.165, 1.54) is 58.1 Å². The van der Waals surface area contributed by atoms with Crippen molar-refractivity contribution in [3.05, 3.63) is 70.8 Å². The summed E-state index contributed by atoms with van der Waals surface area (Å²) in [5.41, 5.74) is 5.95. The molecule has 26 heavy (non-hydrogen) atoms. The lowest BCUT2D eigenvalue weighted by Gasteiger charge is -2.08. The molecule has 3 rings (SSSR count). The highest BCUT2D eigenvalue weighted by atomic mass is 32.2. The molecule has 0 radical (unpaired) electrons. The minimum Gasteiger partial charge on any atom is -0.157 e. The molecule has 1 aliphatic heterocycles. The molecule has 0 atom stereocenters. The number of benzene rings is 2. The quantitative estimate of drug-likeness (QED) is 0.445. The molecule has 4 heteroatoms. The molecule has 0 aromatic heterocycles. The fourth-order valence-electron chi connectivity index (χ4n) is 2.90. The largest absolute Gasteiger partial charge is 0.157 e. The molecule has 0 N–H and O–H groups in total. The third kappa shape index (κ3) is 7.84. The van der Waals surface area contributed by atoms with Crippen molar-refractivity contribution in [3.8, 4) is 0 Å². The van der Waals surface area contributed by atoms with Gasteiger partial charge in [0.25, 0.3) is 0 Å². The van der Waals surface area contributed by atoms with Crippen LogP contribution >= 0.6 is 47.0 Å². The molecular weight excluding hydrogens is 393 g/mol. The van der Waals surface area contributed by atoms with Gasteiger partial charge in [-0.2, -0.15) is 47.0 Å². The SMILES string of the molecule is c1cc2cc(c1)CSCCCSCc1cccc(c1)CSCCCSC2. The van der Waals surface area contributed by atoms with Crippen LogP contribution in [0.25, 0.3) is 0 Å². The van der Waals surface area contributed by atoms with Crippen molar-refractivity contribution in [2.45, 2.75) is 35.9 Å². The van der Waals surface area contributed by atoms with Gasteiger partial charge < -0.3 is 0 Å². The highest BCUT2D eigenvalue weighted by Gasteiger charge is 2.01. The molecule has 4 bridgehead atoms. The molecular formula is C22H28S4. The Bertz CT molecular complexity index is 552. The Hall–Kier alpha value is -0.160. The van der Waals surface area contributed by atoms with Gasteiger partial charge in [-0.3, -0.25) is 0 Å². The molecule has 1 heterocycles. The van der Waals surface area contributed by atoms with Crippen LogP contribution in [-0.2, 0) is 23.0 Å². The van der Waals surface area contributed by atoms with Crippen molar-refractivity contribution in [1.29, 1.82) is 0 Å². The smallest absolute Gasteiger partial charge is 0.0184 e. The van der Waals surface area contributed by atoms with Gasteiger partial charge in [0.2, 0.25) is 0 Å². The summed E-state index contributed by atoms with van der Waals surface area (Å²) in [5, 5.41) is 0. The second-order valence-electron chi connectivity index (χ2n) is 6.56. The molecule has 1 aliphatic rings. The van der Waals surface area contributed by atoms with Crippen LogP contribution in [0.1, 0.15) is 35.1 Å². The number of thioether (sulfide) groups is 4. The molecule has 2 aromatic carbocycles. The minimum absolute atomic E-state index is 1.15. The van der Waals surface area contributed by atoms with Crippen LogP contribution in [0.2, 0.25) is 0 Å². The highest BCUT2D eigenvalue weighted by Crippen LogP contribution is 2.22. The van der Waals surface area contributed by atoms with E-state index in [1.807, 2.05) is 0 Å². The van der Waals surface area contributed by atoms with Crippen LogP contribution in [0.15, 0.2) is 48.5 Å². The average Bonchev–Trinajstić information content (AvgIpc) is 2.66. The Balaban J connectivity index is 1.53. The highest BCUT2D eigenvalue weighted by molar-refractivity contribution is 7.99. The third-order valence-electron chi connectivity index (χ3n) is 4.21. The lowest BCUT2D eigenvalue weighted by molar-refractivity contribution is 1.11. The molecule has 2 aromatic rings. The number of hydrogen-bond acceptors (Lipinski definition) is 4. The van der Waals surface area contributed by atoms with E-state index in [-0.39, 0.29) is 0 Å². The summed E-state index contributed by atoms with van der Waals surface area (Å²) in [7, 11) is 0. The lowest BCUT2D eigenvalue weighted by Crippen LogP contribution is -1.92. The Morgan fingerprint density at radius 3 is 1.08 bits per heavy atom. The first-order chi connectivity index (χ1) is 12.9. The Kier molecular flexibility index (Phi) is 9.75. The van der Waals surface area contributed by atoms with Gasteiger partial charge in [-0.15, -0.1) is 0 Å². The fourth-order valence-corrected chi connectivity index (χ4v) is 6.90. The summed E-state index contributed by atoms with van der Waals surface area (Å²) >= 11 is 8.33. The van der Waals surface area contributed by atoms with Gasteiger partial charge in [0.1, 0.15) is 0 Å². The summed E-state index contributed by atoms with van der Waals surface area (Å²) in [4.78, 5) is 0. The van der Waals surface area contributed by atoms with Crippen molar-refractivity contribution in [3.63, 3.8) is 0 Å². The van der Waals surface area contributed by atoms with E-state index in [4.69, 9.17) is 0 Å². The third-order valence-corrected chi connectivity index (χ3v) is 8.67. The maximum Gasteiger partial charge on any atom is 0.0184 e. The van der Waals surface area contributed by atoms with E-state index in [0.717, 1.165) is 23.0 Å². The predicted octanol–water partition coefficient (Wildman–Crippen LogP) is 7.11. The zero-order valence-corrected chi connectivity index (χ0v) is 18.6. The maximum atomic E-state index is 2.41. The molecule has 0 amide bonds. The van der Waals surface area contributed by atoms with E-state index in [0.29, 0.717) is 0 Å². The number of fused-ring (bicyclic) bond motifs is 4. The molecule has 0 fully saturated rings. The van der Waals surface area contributed by atoms with E-state index in [1.54, 1.807) is 0 Å². The van der Waals surface area contributed by atoms with Crippen molar-refractivity contribution >= 4 is 47.0 Å². The van der Waals surface area contributed by atoms with Gasteiger partial charge >= 0.3 is 0 Å². The number of hydrogen-bond donors (Lipinski definition) is 0. The van der Waals surface area contributed by atoms with Crippen molar-refractivity contribution in [1.82, 2.24) is 0 Å². The molecule has 0 saturated carbocycles. The Morgan fingerprint density at radius 1 is 0.462 bits per heavy atom. The number of rotatable bonds is 0. The van der Waals surface area contributed by atoms with Gasteiger partial charge in [-0.25, -0.2) is 0 Å². The first-order valence-electron chi connectivity index (χ1n) is 9.37. The summed E-state index contributed by atoms with van der Waals surface area (Å²) in [6.45, 7) is 0.